The number of Topliss-reactive ketones (excluding diaryl/α,β-unsaturated/α-hetero) is 1. The molecule has 1 nitrogen and oxygen atoms in total. The normalized spacial score (nSPS) is 55.6. The van der Waals surface area contributed by atoms with Crippen molar-refractivity contribution in [1.29, 1.82) is 0 Å². The Labute approximate surface area is 55.4 Å². The Morgan fingerprint density at radius 2 is 1.67 bits per heavy atom. The molecule has 1 heteroatoms. The van der Waals surface area contributed by atoms with E-state index in [9.17, 15) is 4.79 Å². The van der Waals surface area contributed by atoms with Crippen molar-refractivity contribution in [3.63, 3.8) is 0 Å². The van der Waals surface area contributed by atoms with Gasteiger partial charge in [0.2, 0.25) is 0 Å². The third-order valence-electron chi connectivity index (χ3n) is 3.07. The van der Waals surface area contributed by atoms with Gasteiger partial charge in [0.1, 0.15) is 5.78 Å². The van der Waals surface area contributed by atoms with Gasteiger partial charge in [-0.25, -0.2) is 0 Å². The van der Waals surface area contributed by atoms with Gasteiger partial charge in [-0.2, -0.15) is 0 Å². The molecule has 0 amide bonds. The summed E-state index contributed by atoms with van der Waals surface area (Å²) in [5.41, 5.74) is 0. The minimum Gasteiger partial charge on any atom is -0.299 e. The molecule has 0 aromatic heterocycles. The summed E-state index contributed by atoms with van der Waals surface area (Å²) in [6.07, 6.45) is 1.33. The highest BCUT2D eigenvalue weighted by atomic mass is 16.1. The predicted molar refractivity (Wildman–Crippen MR) is 34.9 cm³/mol. The number of fused-ring (bicyclic) bond motifs is 1. The molecule has 2 aliphatic carbocycles. The van der Waals surface area contributed by atoms with Crippen molar-refractivity contribution in [2.75, 3.05) is 0 Å². The van der Waals surface area contributed by atoms with Crippen molar-refractivity contribution in [1.82, 2.24) is 0 Å². The standard InChI is InChI=1S/C8H12O/c1-4-6-3-7(6)5(2)8(4)9/h4-7H,3H2,1-2H3. The Morgan fingerprint density at radius 3 is 1.89 bits per heavy atom. The highest BCUT2D eigenvalue weighted by molar-refractivity contribution is 5.87. The summed E-state index contributed by atoms with van der Waals surface area (Å²) in [5.74, 6) is 2.87. The molecule has 0 N–H and O–H groups in total. The van der Waals surface area contributed by atoms with Crippen LogP contribution in [-0.4, -0.2) is 5.78 Å². The molecule has 0 saturated heterocycles. The molecule has 9 heavy (non-hydrogen) atoms. The van der Waals surface area contributed by atoms with Gasteiger partial charge in [-0.1, -0.05) is 13.8 Å². The molecule has 0 radical (unpaired) electrons. The first-order valence-electron chi connectivity index (χ1n) is 3.75. The maximum Gasteiger partial charge on any atom is 0.139 e. The maximum absolute atomic E-state index is 11.1. The van der Waals surface area contributed by atoms with Crippen LogP contribution in [0.2, 0.25) is 0 Å². The van der Waals surface area contributed by atoms with Crippen molar-refractivity contribution >= 4 is 5.78 Å². The van der Waals surface area contributed by atoms with Gasteiger partial charge in [0.15, 0.2) is 0 Å². The van der Waals surface area contributed by atoms with E-state index in [-0.39, 0.29) is 0 Å². The molecule has 0 heterocycles. The van der Waals surface area contributed by atoms with Crippen molar-refractivity contribution < 1.29 is 4.79 Å². The third-order valence-corrected chi connectivity index (χ3v) is 3.07. The highest BCUT2D eigenvalue weighted by Crippen LogP contribution is 2.56. The van der Waals surface area contributed by atoms with E-state index in [2.05, 4.69) is 13.8 Å². The quantitative estimate of drug-likeness (QED) is 0.478. The van der Waals surface area contributed by atoms with E-state index in [0.29, 0.717) is 17.6 Å². The summed E-state index contributed by atoms with van der Waals surface area (Å²) in [6.45, 7) is 4.16. The van der Waals surface area contributed by atoms with Crippen LogP contribution in [0.3, 0.4) is 0 Å². The van der Waals surface area contributed by atoms with E-state index in [0.717, 1.165) is 11.8 Å². The van der Waals surface area contributed by atoms with Crippen LogP contribution in [0, 0.1) is 23.7 Å². The fourth-order valence-corrected chi connectivity index (χ4v) is 2.22. The molecule has 0 aromatic carbocycles. The Bertz CT molecular complexity index is 146. The van der Waals surface area contributed by atoms with E-state index in [1.54, 1.807) is 0 Å². The number of hydrogen-bond donors (Lipinski definition) is 0. The average Bonchev–Trinajstić information content (AvgIpc) is 2.56. The lowest BCUT2D eigenvalue weighted by molar-refractivity contribution is -0.124. The van der Waals surface area contributed by atoms with E-state index in [1.807, 2.05) is 0 Å². The molecule has 2 saturated carbocycles. The van der Waals surface area contributed by atoms with Crippen LogP contribution in [0.5, 0.6) is 0 Å². The number of rotatable bonds is 0. The van der Waals surface area contributed by atoms with E-state index in [1.165, 1.54) is 6.42 Å². The van der Waals surface area contributed by atoms with E-state index >= 15 is 0 Å². The van der Waals surface area contributed by atoms with Crippen molar-refractivity contribution in [3.8, 4) is 0 Å². The minimum absolute atomic E-state index is 0.394. The fourth-order valence-electron chi connectivity index (χ4n) is 2.22. The zero-order valence-electron chi connectivity index (χ0n) is 5.92. The van der Waals surface area contributed by atoms with Crippen molar-refractivity contribution in [2.24, 2.45) is 23.7 Å². The summed E-state index contributed by atoms with van der Waals surface area (Å²) in [5, 5.41) is 0. The lowest BCUT2D eigenvalue weighted by atomic mass is 9.99. The van der Waals surface area contributed by atoms with Crippen LogP contribution in [0.1, 0.15) is 20.3 Å². The number of ketones is 1. The molecular weight excluding hydrogens is 112 g/mol. The molecule has 0 aromatic rings. The van der Waals surface area contributed by atoms with Crippen LogP contribution in [0.4, 0.5) is 0 Å². The zero-order chi connectivity index (χ0) is 6.59. The Hall–Kier alpha value is -0.330. The predicted octanol–water partition coefficient (Wildman–Crippen LogP) is 1.48. The smallest absolute Gasteiger partial charge is 0.139 e. The van der Waals surface area contributed by atoms with Gasteiger partial charge in [-0.3, -0.25) is 4.79 Å². The monoisotopic (exact) mass is 124 g/mol. The molecule has 50 valence electrons. The van der Waals surface area contributed by atoms with Gasteiger partial charge < -0.3 is 0 Å². The summed E-state index contributed by atoms with van der Waals surface area (Å²) in [6, 6.07) is 0. The van der Waals surface area contributed by atoms with Gasteiger partial charge in [0.05, 0.1) is 0 Å². The van der Waals surface area contributed by atoms with Gasteiger partial charge in [-0.05, 0) is 18.3 Å². The Kier molecular flexibility index (Phi) is 0.842. The molecular formula is C8H12O. The number of hydrogen-bond acceptors (Lipinski definition) is 1. The van der Waals surface area contributed by atoms with Crippen LogP contribution in [0.25, 0.3) is 0 Å². The highest BCUT2D eigenvalue weighted by Gasteiger charge is 2.55. The number of carbonyl (C=O) groups is 1. The maximum atomic E-state index is 11.1. The molecule has 2 aliphatic rings. The van der Waals surface area contributed by atoms with Crippen LogP contribution in [-0.2, 0) is 4.79 Å². The average molecular weight is 124 g/mol. The Balaban J connectivity index is 2.23. The summed E-state index contributed by atoms with van der Waals surface area (Å²) < 4.78 is 0. The second kappa shape index (κ2) is 1.39. The molecule has 2 fully saturated rings. The topological polar surface area (TPSA) is 17.1 Å². The Morgan fingerprint density at radius 1 is 1.22 bits per heavy atom. The molecule has 0 spiro atoms. The molecule has 0 aliphatic heterocycles. The zero-order valence-corrected chi connectivity index (χ0v) is 5.92. The fraction of sp³-hybridized carbons (Fsp3) is 0.875. The minimum atomic E-state index is 0.394. The number of carbonyl (C=O) groups excluding carboxylic acids is 1. The van der Waals surface area contributed by atoms with Gasteiger partial charge >= 0.3 is 0 Å². The first-order chi connectivity index (χ1) is 4.22. The van der Waals surface area contributed by atoms with Gasteiger partial charge in [0.25, 0.3) is 0 Å². The van der Waals surface area contributed by atoms with Crippen LogP contribution >= 0.6 is 0 Å². The summed E-state index contributed by atoms with van der Waals surface area (Å²) in [7, 11) is 0. The summed E-state index contributed by atoms with van der Waals surface area (Å²) in [4.78, 5) is 11.1. The first-order valence-corrected chi connectivity index (χ1v) is 3.75. The second-order valence-corrected chi connectivity index (χ2v) is 3.54. The molecule has 0 bridgehead atoms. The third kappa shape index (κ3) is 0.525. The summed E-state index contributed by atoms with van der Waals surface area (Å²) >= 11 is 0. The molecule has 2 rings (SSSR count). The van der Waals surface area contributed by atoms with Crippen molar-refractivity contribution in [2.45, 2.75) is 20.3 Å². The molecule has 4 atom stereocenters. The van der Waals surface area contributed by atoms with Gasteiger partial charge in [-0.15, -0.1) is 0 Å². The first kappa shape index (κ1) is 5.45. The lowest BCUT2D eigenvalue weighted by Crippen LogP contribution is -2.13. The van der Waals surface area contributed by atoms with Crippen LogP contribution in [0.15, 0.2) is 0 Å². The van der Waals surface area contributed by atoms with Crippen LogP contribution < -0.4 is 0 Å². The largest absolute Gasteiger partial charge is 0.299 e. The SMILES string of the molecule is CC1C(=O)C(C)C2CC12. The second-order valence-electron chi connectivity index (χ2n) is 3.54. The van der Waals surface area contributed by atoms with Crippen molar-refractivity contribution in [3.05, 3.63) is 0 Å². The van der Waals surface area contributed by atoms with E-state index < -0.39 is 0 Å². The van der Waals surface area contributed by atoms with E-state index in [4.69, 9.17) is 0 Å². The lowest BCUT2D eigenvalue weighted by Gasteiger charge is -2.04. The molecule has 4 unspecified atom stereocenters. The van der Waals surface area contributed by atoms with Gasteiger partial charge in [0, 0.05) is 11.8 Å².